The van der Waals surface area contributed by atoms with E-state index in [1.807, 2.05) is 66.7 Å². The van der Waals surface area contributed by atoms with Crippen molar-refractivity contribution in [1.29, 1.82) is 0 Å². The summed E-state index contributed by atoms with van der Waals surface area (Å²) in [6, 6.07) is 25.9. The van der Waals surface area contributed by atoms with Crippen LogP contribution in [0.5, 0.6) is 0 Å². The second-order valence-corrected chi connectivity index (χ2v) is 11.1. The van der Waals surface area contributed by atoms with Crippen molar-refractivity contribution in [3.63, 3.8) is 0 Å². The molecule has 0 amide bonds. The Balaban J connectivity index is 1.35. The number of oxazole rings is 1. The maximum absolute atomic E-state index is 13.8. The van der Waals surface area contributed by atoms with Crippen LogP contribution in [0.2, 0.25) is 0 Å². The minimum Gasteiger partial charge on any atom is -0.441 e. The van der Waals surface area contributed by atoms with Crippen LogP contribution < -0.4 is 0 Å². The molecule has 0 radical (unpaired) electrons. The average molecular weight is 517 g/mol. The number of hydrogen-bond acceptors (Lipinski definition) is 5. The van der Waals surface area contributed by atoms with Crippen LogP contribution in [0.3, 0.4) is 0 Å². The molecule has 1 N–H and O–H groups in total. The highest BCUT2D eigenvalue weighted by molar-refractivity contribution is 8.00. The van der Waals surface area contributed by atoms with Gasteiger partial charge in [-0.25, -0.2) is 9.37 Å². The number of halogens is 1. The zero-order valence-electron chi connectivity index (χ0n) is 21.1. The Morgan fingerprint density at radius 2 is 1.73 bits per heavy atom. The second kappa shape index (κ2) is 11.6. The van der Waals surface area contributed by atoms with E-state index in [9.17, 15) is 9.50 Å². The van der Waals surface area contributed by atoms with E-state index in [0.29, 0.717) is 28.8 Å². The molecule has 1 unspecified atom stereocenters. The van der Waals surface area contributed by atoms with Gasteiger partial charge in [0.15, 0.2) is 5.60 Å². The number of aromatic nitrogens is 1. The normalized spacial score (nSPS) is 18.7. The van der Waals surface area contributed by atoms with Crippen molar-refractivity contribution >= 4 is 11.8 Å². The number of benzene rings is 3. The molecule has 192 valence electrons. The number of piperidine rings is 1. The summed E-state index contributed by atoms with van der Waals surface area (Å²) in [7, 11) is 0. The number of thioether (sulfide) groups is 1. The Hall–Kier alpha value is -2.93. The van der Waals surface area contributed by atoms with Crippen LogP contribution in [0.4, 0.5) is 4.39 Å². The molecule has 4 nitrogen and oxygen atoms in total. The molecule has 37 heavy (non-hydrogen) atoms. The molecule has 0 spiro atoms. The summed E-state index contributed by atoms with van der Waals surface area (Å²) in [6.45, 7) is 4.71. The van der Waals surface area contributed by atoms with Gasteiger partial charge in [0.1, 0.15) is 11.6 Å². The summed E-state index contributed by atoms with van der Waals surface area (Å²) in [5.41, 5.74) is -0.0620. The quantitative estimate of drug-likeness (QED) is 0.263. The summed E-state index contributed by atoms with van der Waals surface area (Å²) in [5.74, 6) is 1.40. The van der Waals surface area contributed by atoms with Crippen LogP contribution in [0.25, 0.3) is 0 Å². The lowest BCUT2D eigenvalue weighted by atomic mass is 9.86. The predicted molar refractivity (Wildman–Crippen MR) is 146 cm³/mol. The molecule has 1 aromatic heterocycles. The van der Waals surface area contributed by atoms with Gasteiger partial charge in [0.2, 0.25) is 5.89 Å². The van der Waals surface area contributed by atoms with E-state index >= 15 is 0 Å². The van der Waals surface area contributed by atoms with Gasteiger partial charge in [-0.15, -0.1) is 11.8 Å². The molecule has 1 aliphatic rings. The molecule has 2 heterocycles. The van der Waals surface area contributed by atoms with Gasteiger partial charge in [0, 0.05) is 16.7 Å². The number of rotatable bonds is 9. The second-order valence-electron chi connectivity index (χ2n) is 9.76. The van der Waals surface area contributed by atoms with E-state index in [0.717, 1.165) is 36.6 Å². The Kier molecular flexibility index (Phi) is 8.08. The smallest absolute Gasteiger partial charge is 0.236 e. The van der Waals surface area contributed by atoms with Crippen molar-refractivity contribution in [2.75, 3.05) is 13.1 Å². The highest BCUT2D eigenvalue weighted by Gasteiger charge is 2.39. The minimum atomic E-state index is -1.48. The molecule has 0 aliphatic carbocycles. The Morgan fingerprint density at radius 1 is 1.03 bits per heavy atom. The van der Waals surface area contributed by atoms with Gasteiger partial charge < -0.3 is 9.52 Å². The van der Waals surface area contributed by atoms with Gasteiger partial charge >= 0.3 is 0 Å². The Morgan fingerprint density at radius 3 is 2.38 bits per heavy atom. The van der Waals surface area contributed by atoms with Gasteiger partial charge in [-0.3, -0.25) is 4.90 Å². The maximum Gasteiger partial charge on any atom is 0.236 e. The summed E-state index contributed by atoms with van der Waals surface area (Å²) in [5, 5.41) is 12.3. The lowest BCUT2D eigenvalue weighted by molar-refractivity contribution is 0.0883. The van der Waals surface area contributed by atoms with Crippen LogP contribution in [0.1, 0.15) is 49.0 Å². The highest BCUT2D eigenvalue weighted by Crippen LogP contribution is 2.38. The standard InChI is InChI=1S/C31H33FN2O2S/c1-2-10-23-17-18-34(22-29(23)37-28-16-9-15-26(32)19-28)21-27-20-33-30(36-27)31(35,24-11-5-3-6-12-24)25-13-7-4-8-14-25/h3-9,11-16,19-20,23,29,35H,2,10,17-18,21-22H2,1H3/t23?,29-/m0/s1. The van der Waals surface area contributed by atoms with Gasteiger partial charge in [0.25, 0.3) is 0 Å². The Bertz CT molecular complexity index is 1240. The fourth-order valence-electron chi connectivity index (χ4n) is 5.26. The van der Waals surface area contributed by atoms with Crippen LogP contribution >= 0.6 is 11.8 Å². The SMILES string of the molecule is CCCC1CCN(Cc2cnc(C(O)(c3ccccc3)c3ccccc3)o2)C[C@@H]1Sc1cccc(F)c1. The molecule has 0 bridgehead atoms. The van der Waals surface area contributed by atoms with E-state index in [-0.39, 0.29) is 11.7 Å². The number of aliphatic hydroxyl groups is 1. The minimum absolute atomic E-state index is 0.191. The van der Waals surface area contributed by atoms with Crippen molar-refractivity contribution in [2.24, 2.45) is 5.92 Å². The largest absolute Gasteiger partial charge is 0.441 e. The predicted octanol–water partition coefficient (Wildman–Crippen LogP) is 6.88. The van der Waals surface area contributed by atoms with Crippen molar-refractivity contribution in [1.82, 2.24) is 9.88 Å². The molecule has 1 saturated heterocycles. The van der Waals surface area contributed by atoms with E-state index < -0.39 is 5.60 Å². The molecule has 3 aromatic carbocycles. The molecule has 4 aromatic rings. The molecule has 1 aliphatic heterocycles. The highest BCUT2D eigenvalue weighted by atomic mass is 32.2. The lowest BCUT2D eigenvalue weighted by Gasteiger charge is -2.38. The van der Waals surface area contributed by atoms with Gasteiger partial charge in [-0.05, 0) is 54.6 Å². The fourth-order valence-corrected chi connectivity index (χ4v) is 6.70. The Labute approximate surface area is 222 Å². The monoisotopic (exact) mass is 516 g/mol. The van der Waals surface area contributed by atoms with E-state index in [1.165, 1.54) is 12.5 Å². The number of likely N-dealkylation sites (tertiary alicyclic amines) is 1. The van der Waals surface area contributed by atoms with Crippen molar-refractivity contribution in [3.05, 3.63) is 120 Å². The summed E-state index contributed by atoms with van der Waals surface area (Å²) < 4.78 is 20.1. The molecule has 1 fully saturated rings. The summed E-state index contributed by atoms with van der Waals surface area (Å²) in [6.07, 6.45) is 5.15. The maximum atomic E-state index is 13.8. The van der Waals surface area contributed by atoms with Crippen LogP contribution in [-0.2, 0) is 12.1 Å². The van der Waals surface area contributed by atoms with Gasteiger partial charge in [-0.1, -0.05) is 80.1 Å². The number of nitrogens with zero attached hydrogens (tertiary/aromatic N) is 2. The first-order valence-corrected chi connectivity index (χ1v) is 13.9. The summed E-state index contributed by atoms with van der Waals surface area (Å²) in [4.78, 5) is 7.92. The third-order valence-corrected chi connectivity index (χ3v) is 8.51. The van der Waals surface area contributed by atoms with Crippen molar-refractivity contribution in [2.45, 2.75) is 48.5 Å². The van der Waals surface area contributed by atoms with Crippen LogP contribution in [0.15, 0.2) is 100 Å². The third kappa shape index (κ3) is 5.82. The van der Waals surface area contributed by atoms with Crippen LogP contribution in [0, 0.1) is 11.7 Å². The number of hydrogen-bond donors (Lipinski definition) is 1. The first kappa shape index (κ1) is 25.7. The molecule has 2 atom stereocenters. The van der Waals surface area contributed by atoms with E-state index in [2.05, 4.69) is 16.8 Å². The van der Waals surface area contributed by atoms with E-state index in [4.69, 9.17) is 4.42 Å². The molecular formula is C31H33FN2O2S. The van der Waals surface area contributed by atoms with Gasteiger partial charge in [-0.2, -0.15) is 0 Å². The molecular weight excluding hydrogens is 483 g/mol. The van der Waals surface area contributed by atoms with Crippen LogP contribution in [-0.4, -0.2) is 33.3 Å². The fraction of sp³-hybridized carbons (Fsp3) is 0.323. The average Bonchev–Trinajstić information content (AvgIpc) is 3.40. The third-order valence-electron chi connectivity index (χ3n) is 7.15. The first-order chi connectivity index (χ1) is 18.1. The lowest BCUT2D eigenvalue weighted by Crippen LogP contribution is -2.41. The molecule has 6 heteroatoms. The topological polar surface area (TPSA) is 49.5 Å². The molecule has 5 rings (SSSR count). The van der Waals surface area contributed by atoms with E-state index in [1.54, 1.807) is 30.1 Å². The zero-order chi connectivity index (χ0) is 25.7. The zero-order valence-corrected chi connectivity index (χ0v) is 21.9. The van der Waals surface area contributed by atoms with Crippen molar-refractivity contribution in [3.8, 4) is 0 Å². The van der Waals surface area contributed by atoms with Crippen molar-refractivity contribution < 1.29 is 13.9 Å². The summed E-state index contributed by atoms with van der Waals surface area (Å²) >= 11 is 1.78. The van der Waals surface area contributed by atoms with Gasteiger partial charge in [0.05, 0.1) is 12.7 Å². The molecule has 0 saturated carbocycles. The first-order valence-electron chi connectivity index (χ1n) is 13.0.